The molecule has 2 heterocycles. The van der Waals surface area contributed by atoms with E-state index in [2.05, 4.69) is 34.6 Å². The van der Waals surface area contributed by atoms with Crippen LogP contribution in [0.1, 0.15) is 25.3 Å². The summed E-state index contributed by atoms with van der Waals surface area (Å²) in [6.07, 6.45) is 4.27. The van der Waals surface area contributed by atoms with Gasteiger partial charge in [0.2, 0.25) is 15.1 Å². The zero-order valence-electron chi connectivity index (χ0n) is 15.6. The molecule has 138 valence electrons. The molecule has 3 rings (SSSR count). The Balaban J connectivity index is 0.000000465. The van der Waals surface area contributed by atoms with E-state index in [0.29, 0.717) is 5.69 Å². The summed E-state index contributed by atoms with van der Waals surface area (Å²) in [7, 11) is -3.51. The molecule has 0 radical (unpaired) electrons. The van der Waals surface area contributed by atoms with Crippen molar-refractivity contribution in [2.75, 3.05) is 0 Å². The first-order valence-corrected chi connectivity index (χ1v) is 11.5. The van der Waals surface area contributed by atoms with Crippen molar-refractivity contribution >= 4 is 50.5 Å². The Kier molecular flexibility index (Phi) is 8.52. The molecule has 0 amide bonds. The van der Waals surface area contributed by atoms with Crippen molar-refractivity contribution in [1.82, 2.24) is 9.97 Å². The summed E-state index contributed by atoms with van der Waals surface area (Å²) in [5.41, 5.74) is 1.62. The van der Waals surface area contributed by atoms with Gasteiger partial charge in [-0.2, -0.15) is 0 Å². The molecule has 1 aromatic carbocycles. The second-order valence-electron chi connectivity index (χ2n) is 6.00. The van der Waals surface area contributed by atoms with Crippen LogP contribution in [0.25, 0.3) is 10.6 Å². The SMILES string of the molecule is Cc1ccc(S(=O)(=O)c2ccc(-c3ccnc(Cl)n3)s2)cc1.[Li][CH2]CCC. The van der Waals surface area contributed by atoms with Crippen molar-refractivity contribution in [2.45, 2.75) is 40.9 Å². The summed E-state index contributed by atoms with van der Waals surface area (Å²) < 4.78 is 25.5. The van der Waals surface area contributed by atoms with Gasteiger partial charge in [-0.05, 0) is 48.9 Å². The molecular formula is C19H20ClLiN2O2S2. The number of sulfone groups is 1. The summed E-state index contributed by atoms with van der Waals surface area (Å²) in [5.74, 6) is 0. The maximum absolute atomic E-state index is 12.6. The first-order valence-electron chi connectivity index (χ1n) is 8.79. The van der Waals surface area contributed by atoms with Crippen LogP contribution in [0.15, 0.2) is 57.8 Å². The van der Waals surface area contributed by atoms with E-state index in [1.54, 1.807) is 48.7 Å². The zero-order valence-corrected chi connectivity index (χ0v) is 18.0. The predicted molar refractivity (Wildman–Crippen MR) is 112 cm³/mol. The van der Waals surface area contributed by atoms with Gasteiger partial charge in [-0.1, -0.05) is 17.7 Å². The van der Waals surface area contributed by atoms with Crippen LogP contribution in [0.3, 0.4) is 0 Å². The first-order chi connectivity index (χ1) is 12.9. The van der Waals surface area contributed by atoms with Crippen LogP contribution >= 0.6 is 22.9 Å². The molecule has 0 fully saturated rings. The molecule has 0 aliphatic rings. The molecule has 0 atom stereocenters. The number of thiophene rings is 1. The number of rotatable bonds is 5. The van der Waals surface area contributed by atoms with Crippen LogP contribution in [0.4, 0.5) is 0 Å². The van der Waals surface area contributed by atoms with E-state index in [-0.39, 0.29) is 14.4 Å². The molecule has 8 heteroatoms. The van der Waals surface area contributed by atoms with Crippen molar-refractivity contribution in [2.24, 2.45) is 0 Å². The second-order valence-corrected chi connectivity index (χ2v) is 9.60. The van der Waals surface area contributed by atoms with Crippen molar-refractivity contribution in [3.63, 3.8) is 0 Å². The molecule has 3 aromatic rings. The van der Waals surface area contributed by atoms with Crippen LogP contribution in [0.5, 0.6) is 0 Å². The van der Waals surface area contributed by atoms with Gasteiger partial charge in [-0.25, -0.2) is 18.4 Å². The van der Waals surface area contributed by atoms with Crippen molar-refractivity contribution in [3.8, 4) is 10.6 Å². The van der Waals surface area contributed by atoms with E-state index < -0.39 is 9.84 Å². The van der Waals surface area contributed by atoms with Gasteiger partial charge in [-0.3, -0.25) is 0 Å². The summed E-state index contributed by atoms with van der Waals surface area (Å²) in [6.45, 7) is 4.13. The Labute approximate surface area is 179 Å². The van der Waals surface area contributed by atoms with Gasteiger partial charge in [-0.15, -0.1) is 11.3 Å². The van der Waals surface area contributed by atoms with Gasteiger partial charge >= 0.3 is 42.6 Å². The van der Waals surface area contributed by atoms with Crippen LogP contribution in [0.2, 0.25) is 10.4 Å². The van der Waals surface area contributed by atoms with E-state index in [4.69, 9.17) is 11.6 Å². The molecule has 0 saturated heterocycles. The zero-order chi connectivity index (χ0) is 19.9. The fourth-order valence-electron chi connectivity index (χ4n) is 2.26. The number of unbranched alkanes of at least 4 members (excludes halogenated alkanes) is 1. The molecule has 2 aromatic heterocycles. The molecule has 0 spiro atoms. The van der Waals surface area contributed by atoms with Gasteiger partial charge in [0.15, 0.2) is 0 Å². The maximum atomic E-state index is 12.6. The number of hydrogen-bond donors (Lipinski definition) is 0. The fourth-order valence-corrected chi connectivity index (χ4v) is 5.09. The third kappa shape index (κ3) is 6.17. The first kappa shape index (κ1) is 22.1. The average molecular weight is 415 g/mol. The molecule has 0 aliphatic carbocycles. The average Bonchev–Trinajstić information content (AvgIpc) is 3.14. The van der Waals surface area contributed by atoms with Gasteiger partial charge in [0, 0.05) is 6.20 Å². The van der Waals surface area contributed by atoms with E-state index in [0.717, 1.165) is 21.8 Å². The molecule has 27 heavy (non-hydrogen) atoms. The van der Waals surface area contributed by atoms with Gasteiger partial charge < -0.3 is 0 Å². The molecule has 4 nitrogen and oxygen atoms in total. The van der Waals surface area contributed by atoms with Crippen LogP contribution in [0, 0.1) is 6.92 Å². The Hall–Kier alpha value is -1.16. The van der Waals surface area contributed by atoms with E-state index >= 15 is 0 Å². The Morgan fingerprint density at radius 2 is 1.81 bits per heavy atom. The van der Waals surface area contributed by atoms with E-state index in [9.17, 15) is 8.42 Å². The number of benzene rings is 1. The number of nitrogens with zero attached hydrogens (tertiary/aromatic N) is 2. The molecular weight excluding hydrogens is 395 g/mol. The van der Waals surface area contributed by atoms with E-state index in [1.165, 1.54) is 17.9 Å². The predicted octanol–water partition coefficient (Wildman–Crippen LogP) is 5.37. The van der Waals surface area contributed by atoms with Gasteiger partial charge in [0.05, 0.1) is 15.5 Å². The van der Waals surface area contributed by atoms with Crippen molar-refractivity contribution < 1.29 is 8.42 Å². The summed E-state index contributed by atoms with van der Waals surface area (Å²) >= 11 is 9.14. The quantitative estimate of drug-likeness (QED) is 0.415. The van der Waals surface area contributed by atoms with Crippen LogP contribution in [-0.2, 0) is 9.84 Å². The van der Waals surface area contributed by atoms with Gasteiger partial charge in [0.25, 0.3) is 0 Å². The minimum atomic E-state index is -3.51. The Bertz CT molecular complexity index is 971. The third-order valence-corrected chi connectivity index (χ3v) is 7.31. The van der Waals surface area contributed by atoms with Crippen molar-refractivity contribution in [3.05, 3.63) is 59.5 Å². The number of aryl methyl sites for hydroxylation is 1. The number of halogens is 1. The van der Waals surface area contributed by atoms with Crippen LogP contribution in [-0.4, -0.2) is 36.1 Å². The third-order valence-electron chi connectivity index (χ3n) is 3.76. The number of hydrogen-bond acceptors (Lipinski definition) is 5. The molecule has 0 N–H and O–H groups in total. The standard InChI is InChI=1S/C15H11ClN2O2S2.C4H9.Li/c1-10-2-4-11(5-3-10)22(19,20)14-7-6-13(21-14)12-8-9-17-15(16)18-12;1-3-4-2;/h2-9H,1H3;1,3-4H2,2H3;. The molecule has 0 bridgehead atoms. The monoisotopic (exact) mass is 414 g/mol. The van der Waals surface area contributed by atoms with Crippen molar-refractivity contribution in [1.29, 1.82) is 0 Å². The Morgan fingerprint density at radius 1 is 1.11 bits per heavy atom. The van der Waals surface area contributed by atoms with Gasteiger partial charge in [0.1, 0.15) is 4.21 Å². The minimum absolute atomic E-state index is 0.133. The second kappa shape index (κ2) is 10.4. The Morgan fingerprint density at radius 3 is 2.37 bits per heavy atom. The molecule has 0 saturated carbocycles. The fraction of sp³-hybridized carbons (Fsp3) is 0.263. The molecule has 0 aliphatic heterocycles. The normalized spacial score (nSPS) is 11.0. The van der Waals surface area contributed by atoms with Crippen LogP contribution < -0.4 is 0 Å². The topological polar surface area (TPSA) is 59.9 Å². The summed E-state index contributed by atoms with van der Waals surface area (Å²) in [5, 5.41) is 1.48. The van der Waals surface area contributed by atoms with E-state index in [1.807, 2.05) is 6.92 Å². The summed E-state index contributed by atoms with van der Waals surface area (Å²) in [4.78, 5) is 8.93. The molecule has 0 unspecified atom stereocenters. The number of aromatic nitrogens is 2. The summed E-state index contributed by atoms with van der Waals surface area (Å²) in [6, 6.07) is 11.8.